The van der Waals surface area contributed by atoms with Crippen LogP contribution in [0.2, 0.25) is 0 Å². The number of piperazine rings is 1. The molecule has 0 spiro atoms. The van der Waals surface area contributed by atoms with Gasteiger partial charge in [-0.05, 0) is 62.1 Å². The van der Waals surface area contributed by atoms with Crippen LogP contribution in [0.3, 0.4) is 0 Å². The first-order chi connectivity index (χ1) is 17.4. The summed E-state index contributed by atoms with van der Waals surface area (Å²) in [7, 11) is -16.5. The van der Waals surface area contributed by atoms with Gasteiger partial charge in [0.1, 0.15) is 0 Å². The second-order valence-electron chi connectivity index (χ2n) is 10.6. The molecule has 38 heavy (non-hydrogen) atoms. The Morgan fingerprint density at radius 2 is 0.868 bits per heavy atom. The second-order valence-corrected chi connectivity index (χ2v) is 18.6. The lowest BCUT2D eigenvalue weighted by Gasteiger charge is -2.49. The van der Waals surface area contributed by atoms with Gasteiger partial charge in [0.25, 0.3) is 0 Å². The van der Waals surface area contributed by atoms with Gasteiger partial charge in [0.2, 0.25) is 20.0 Å². The molecule has 3 aliphatic rings. The molecule has 0 amide bonds. The number of sulfonamides is 2. The van der Waals surface area contributed by atoms with Crippen LogP contribution < -0.4 is 0 Å². The summed E-state index contributed by atoms with van der Waals surface area (Å²) in [5.41, 5.74) is 2.18. The molecule has 14 heteroatoms. The normalized spacial score (nSPS) is 29.2. The van der Waals surface area contributed by atoms with Gasteiger partial charge in [-0.2, -0.15) is 8.61 Å². The maximum absolute atomic E-state index is 14.2. The van der Waals surface area contributed by atoms with E-state index in [1.165, 1.54) is 12.1 Å². The third-order valence-electron chi connectivity index (χ3n) is 7.69. The van der Waals surface area contributed by atoms with Gasteiger partial charge in [-0.25, -0.2) is 33.7 Å². The minimum absolute atomic E-state index is 0.0468. The number of nitrogens with zero attached hydrogens (tertiary/aromatic N) is 2. The van der Waals surface area contributed by atoms with Crippen molar-refractivity contribution in [3.63, 3.8) is 0 Å². The number of rotatable bonds is 4. The van der Waals surface area contributed by atoms with E-state index in [4.69, 9.17) is 0 Å². The molecule has 10 nitrogen and oxygen atoms in total. The Morgan fingerprint density at radius 1 is 0.579 bits per heavy atom. The van der Waals surface area contributed by atoms with Gasteiger partial charge >= 0.3 is 0 Å². The zero-order valence-corrected chi connectivity index (χ0v) is 24.7. The predicted octanol–water partition coefficient (Wildman–Crippen LogP) is 0.947. The Morgan fingerprint density at radius 3 is 1.16 bits per heavy atom. The van der Waals surface area contributed by atoms with E-state index in [0.717, 1.165) is 8.61 Å². The van der Waals surface area contributed by atoms with Crippen LogP contribution in [-0.4, -0.2) is 89.5 Å². The standard InChI is InChI=1S/C24H30N2O8S4/c1-15-5-7-17(3)23(9-15)37(31,32)25-19-11-35(27,28)13-21(19)26(22-14-36(29,30)12-20(22)25)38(33,34)24-10-16(2)6-8-18(24)4/h5-10,19-22H,11-14H2,1-4H3/t19-,20-,21-,22+/m1/s1. The van der Waals surface area contributed by atoms with E-state index in [9.17, 15) is 33.7 Å². The fourth-order valence-corrected chi connectivity index (χ4v) is 14.6. The van der Waals surface area contributed by atoms with Crippen LogP contribution in [0.15, 0.2) is 46.2 Å². The van der Waals surface area contributed by atoms with Crippen molar-refractivity contribution < 1.29 is 33.7 Å². The number of hydrogen-bond acceptors (Lipinski definition) is 8. The molecule has 2 aromatic carbocycles. The van der Waals surface area contributed by atoms with Gasteiger partial charge in [0.15, 0.2) is 19.7 Å². The summed E-state index contributed by atoms with van der Waals surface area (Å²) >= 11 is 0. The average molecular weight is 603 g/mol. The highest BCUT2D eigenvalue weighted by atomic mass is 32.2. The summed E-state index contributed by atoms with van der Waals surface area (Å²) < 4.78 is 110. The van der Waals surface area contributed by atoms with Crippen molar-refractivity contribution in [3.8, 4) is 0 Å². The lowest BCUT2D eigenvalue weighted by Crippen LogP contribution is -2.70. The molecular weight excluding hydrogens is 573 g/mol. The van der Waals surface area contributed by atoms with Gasteiger partial charge in [-0.15, -0.1) is 0 Å². The van der Waals surface area contributed by atoms with E-state index in [0.29, 0.717) is 22.3 Å². The van der Waals surface area contributed by atoms with Crippen molar-refractivity contribution >= 4 is 39.7 Å². The molecule has 2 aromatic rings. The second kappa shape index (κ2) is 8.83. The molecule has 0 bridgehead atoms. The van der Waals surface area contributed by atoms with Crippen LogP contribution in [0.25, 0.3) is 0 Å². The molecule has 208 valence electrons. The van der Waals surface area contributed by atoms with Crippen molar-refractivity contribution in [2.24, 2.45) is 0 Å². The summed E-state index contributed by atoms with van der Waals surface area (Å²) in [6, 6.07) is 4.65. The fraction of sp³-hybridized carbons (Fsp3) is 0.500. The van der Waals surface area contributed by atoms with Crippen molar-refractivity contribution in [3.05, 3.63) is 58.7 Å². The molecule has 0 unspecified atom stereocenters. The third-order valence-corrected chi connectivity index (χ3v) is 15.3. The van der Waals surface area contributed by atoms with Crippen molar-refractivity contribution in [2.75, 3.05) is 23.0 Å². The molecule has 0 radical (unpaired) electrons. The van der Waals surface area contributed by atoms with E-state index in [1.807, 2.05) is 0 Å². The van der Waals surface area contributed by atoms with E-state index in [2.05, 4.69) is 0 Å². The highest BCUT2D eigenvalue weighted by Gasteiger charge is 2.63. The Hall–Kier alpha value is -1.84. The van der Waals surface area contributed by atoms with Crippen LogP contribution in [0.5, 0.6) is 0 Å². The largest absolute Gasteiger partial charge is 0.244 e. The van der Waals surface area contributed by atoms with Gasteiger partial charge in [-0.3, -0.25) is 0 Å². The minimum atomic E-state index is -4.39. The van der Waals surface area contributed by atoms with Gasteiger partial charge < -0.3 is 0 Å². The summed E-state index contributed by atoms with van der Waals surface area (Å²) in [6.45, 7) is 6.66. The molecule has 3 heterocycles. The molecule has 5 rings (SSSR count). The molecule has 3 saturated heterocycles. The maximum atomic E-state index is 14.2. The molecule has 3 fully saturated rings. The Balaban J connectivity index is 1.75. The first-order valence-corrected chi connectivity index (χ1v) is 18.6. The molecule has 3 aliphatic heterocycles. The Labute approximate surface area is 224 Å². The lowest BCUT2D eigenvalue weighted by atomic mass is 10.0. The minimum Gasteiger partial charge on any atom is -0.229 e. The number of aryl methyl sites for hydroxylation is 4. The van der Waals surface area contributed by atoms with Crippen molar-refractivity contribution in [1.82, 2.24) is 8.61 Å². The maximum Gasteiger partial charge on any atom is 0.244 e. The van der Waals surface area contributed by atoms with Gasteiger partial charge in [0, 0.05) is 0 Å². The van der Waals surface area contributed by atoms with Crippen LogP contribution in [-0.2, 0) is 39.7 Å². The van der Waals surface area contributed by atoms with E-state index in [1.54, 1.807) is 52.0 Å². The van der Waals surface area contributed by atoms with Crippen molar-refractivity contribution in [1.29, 1.82) is 0 Å². The third kappa shape index (κ3) is 4.42. The lowest BCUT2D eigenvalue weighted by molar-refractivity contribution is 0.0841. The molecule has 0 N–H and O–H groups in total. The predicted molar refractivity (Wildman–Crippen MR) is 142 cm³/mol. The number of fused-ring (bicyclic) bond motifs is 2. The smallest absolute Gasteiger partial charge is 0.229 e. The average Bonchev–Trinajstić information content (AvgIpc) is 3.26. The summed E-state index contributed by atoms with van der Waals surface area (Å²) in [5, 5.41) is 0. The number of sulfone groups is 2. The zero-order valence-electron chi connectivity index (χ0n) is 21.4. The van der Waals surface area contributed by atoms with Gasteiger partial charge in [0.05, 0.1) is 57.0 Å². The molecule has 0 aliphatic carbocycles. The first kappa shape index (κ1) is 27.7. The van der Waals surface area contributed by atoms with E-state index >= 15 is 0 Å². The Kier molecular flexibility index (Phi) is 6.44. The van der Waals surface area contributed by atoms with Crippen LogP contribution in [0, 0.1) is 27.7 Å². The molecular formula is C24H30N2O8S4. The quantitative estimate of drug-likeness (QED) is 0.503. The number of hydrogen-bond donors (Lipinski definition) is 0. The first-order valence-electron chi connectivity index (χ1n) is 12.1. The summed E-state index contributed by atoms with van der Waals surface area (Å²) in [6.07, 6.45) is 0. The highest BCUT2D eigenvalue weighted by Crippen LogP contribution is 2.43. The van der Waals surface area contributed by atoms with Gasteiger partial charge in [-0.1, -0.05) is 24.3 Å². The molecule has 0 saturated carbocycles. The van der Waals surface area contributed by atoms with Crippen LogP contribution >= 0.6 is 0 Å². The molecule has 4 atom stereocenters. The van der Waals surface area contributed by atoms with Crippen LogP contribution in [0.4, 0.5) is 0 Å². The topological polar surface area (TPSA) is 143 Å². The SMILES string of the molecule is Cc1ccc(C)c(S(=O)(=O)N2[C@@H]3CS(=O)(=O)C[C@H]3N(S(=O)(=O)c3cc(C)ccc3C)[C@H]3CS(=O)(=O)C[C@H]32)c1. The zero-order chi connectivity index (χ0) is 28.0. The van der Waals surface area contributed by atoms with E-state index < -0.39 is 86.9 Å². The monoisotopic (exact) mass is 602 g/mol. The van der Waals surface area contributed by atoms with E-state index in [-0.39, 0.29) is 9.79 Å². The van der Waals surface area contributed by atoms with Crippen LogP contribution in [0.1, 0.15) is 22.3 Å². The summed E-state index contributed by atoms with van der Waals surface area (Å²) in [5.74, 6) is -2.37. The number of benzene rings is 2. The Bertz CT molecular complexity index is 1600. The highest BCUT2D eigenvalue weighted by molar-refractivity contribution is 7.93. The van der Waals surface area contributed by atoms with Crippen molar-refractivity contribution in [2.45, 2.75) is 61.7 Å². The molecule has 0 aromatic heterocycles. The summed E-state index contributed by atoms with van der Waals surface area (Å²) in [4.78, 5) is -0.0936. The fourth-order valence-electron chi connectivity index (χ4n) is 6.00.